The fraction of sp³-hybridized carbons (Fsp3) is 0.0882. The number of aromatic nitrogens is 3. The van der Waals surface area contributed by atoms with Crippen LogP contribution >= 0.6 is 11.3 Å². The van der Waals surface area contributed by atoms with Crippen molar-refractivity contribution in [3.8, 4) is 6.07 Å². The van der Waals surface area contributed by atoms with Crippen molar-refractivity contribution in [2.45, 2.75) is 19.1 Å². The number of hydrogen-bond donors (Lipinski definition) is 2. The number of rotatable bonds is 10. The predicted octanol–water partition coefficient (Wildman–Crippen LogP) is 6.38. The molecule has 1 unspecified atom stereocenters. The quantitative estimate of drug-likeness (QED) is 0.181. The van der Waals surface area contributed by atoms with Crippen molar-refractivity contribution in [2.75, 3.05) is 5.32 Å². The molecule has 0 fully saturated rings. The number of pyridine rings is 1. The molecule has 0 aliphatic rings. The van der Waals surface area contributed by atoms with Gasteiger partial charge in [0, 0.05) is 41.4 Å². The maximum atomic E-state index is 13.9. The normalized spacial score (nSPS) is 11.5. The number of thiophene rings is 1. The van der Waals surface area contributed by atoms with Crippen LogP contribution in [0.2, 0.25) is 0 Å². The van der Waals surface area contributed by atoms with Crippen molar-refractivity contribution in [3.05, 3.63) is 149 Å². The summed E-state index contributed by atoms with van der Waals surface area (Å²) in [5, 5.41) is 16.4. The first-order valence-corrected chi connectivity index (χ1v) is 14.4. The van der Waals surface area contributed by atoms with Crippen LogP contribution in [0.1, 0.15) is 48.5 Å². The van der Waals surface area contributed by atoms with E-state index in [4.69, 9.17) is 5.26 Å². The molecule has 0 spiro atoms. The van der Waals surface area contributed by atoms with Gasteiger partial charge in [0.05, 0.1) is 34.7 Å². The van der Waals surface area contributed by atoms with Crippen LogP contribution in [-0.2, 0) is 13.1 Å². The average molecular weight is 583 g/mol. The Hall–Kier alpha value is -5.59. The molecule has 0 aliphatic carbocycles. The van der Waals surface area contributed by atoms with Crippen molar-refractivity contribution in [2.24, 2.45) is 0 Å². The number of nitrogens with one attached hydrogen (secondary N) is 2. The van der Waals surface area contributed by atoms with E-state index < -0.39 is 6.04 Å². The third-order valence-electron chi connectivity index (χ3n) is 7.02. The molecule has 3 heterocycles. The molecule has 3 aromatic carbocycles. The lowest BCUT2D eigenvalue weighted by atomic mass is 10.0. The zero-order valence-electron chi connectivity index (χ0n) is 23.0. The molecule has 1 amide bonds. The molecule has 210 valence electrons. The van der Waals surface area contributed by atoms with Gasteiger partial charge in [0.25, 0.3) is 5.91 Å². The summed E-state index contributed by atoms with van der Waals surface area (Å²) in [5.41, 5.74) is 4.53. The predicted molar refractivity (Wildman–Crippen MR) is 167 cm³/mol. The topological polar surface area (TPSA) is 113 Å². The molecule has 3 aromatic heterocycles. The molecule has 2 N–H and O–H groups in total. The number of benzene rings is 3. The maximum Gasteiger partial charge on any atom is 0.261 e. The first kappa shape index (κ1) is 27.6. The zero-order chi connectivity index (χ0) is 29.6. The fourth-order valence-electron chi connectivity index (χ4n) is 4.81. The number of hydrogen-bond acceptors (Lipinski definition) is 7. The highest BCUT2D eigenvalue weighted by Gasteiger charge is 2.26. The Balaban J connectivity index is 1.27. The van der Waals surface area contributed by atoms with Crippen molar-refractivity contribution in [1.82, 2.24) is 19.9 Å². The number of anilines is 1. The van der Waals surface area contributed by atoms with Crippen LogP contribution in [0.15, 0.2) is 116 Å². The van der Waals surface area contributed by atoms with Gasteiger partial charge in [-0.2, -0.15) is 5.26 Å². The molecule has 43 heavy (non-hydrogen) atoms. The van der Waals surface area contributed by atoms with Gasteiger partial charge in [0.2, 0.25) is 0 Å². The Labute approximate surface area is 252 Å². The van der Waals surface area contributed by atoms with E-state index in [-0.39, 0.29) is 11.7 Å². The van der Waals surface area contributed by atoms with E-state index in [1.54, 1.807) is 49.2 Å². The fourth-order valence-corrected chi connectivity index (χ4v) is 5.77. The molecule has 0 aliphatic heterocycles. The van der Waals surface area contributed by atoms with Gasteiger partial charge < -0.3 is 15.2 Å². The summed E-state index contributed by atoms with van der Waals surface area (Å²) < 4.78 is 2.90. The average Bonchev–Trinajstić information content (AvgIpc) is 3.70. The molecule has 6 rings (SSSR count). The van der Waals surface area contributed by atoms with E-state index in [9.17, 15) is 9.59 Å². The molecule has 9 heteroatoms. The van der Waals surface area contributed by atoms with E-state index in [0.29, 0.717) is 34.8 Å². The minimum atomic E-state index is -0.721. The van der Waals surface area contributed by atoms with Crippen LogP contribution < -0.4 is 10.6 Å². The number of fused-ring (bicyclic) bond motifs is 1. The van der Waals surface area contributed by atoms with E-state index in [2.05, 4.69) is 26.7 Å². The van der Waals surface area contributed by atoms with Crippen LogP contribution in [0.3, 0.4) is 0 Å². The standard InChI is InChI=1S/C34H26N6O2S/c35-17-23-8-10-24(11-9-23)21-40-22-37-20-29(40)32(33(41)26-6-2-1-3-7-26)39-28-12-13-30-27(15-28)16-31(43-30)34(42)38-19-25-5-4-14-36-18-25/h1-16,18,20,22,32,39H,19,21H2,(H,38,42). The minimum absolute atomic E-state index is 0.0944. The summed E-state index contributed by atoms with van der Waals surface area (Å²) in [7, 11) is 0. The monoisotopic (exact) mass is 582 g/mol. The molecule has 6 aromatic rings. The Bertz CT molecular complexity index is 1930. The molecule has 0 bridgehead atoms. The van der Waals surface area contributed by atoms with Crippen LogP contribution in [0.5, 0.6) is 0 Å². The van der Waals surface area contributed by atoms with Gasteiger partial charge in [-0.3, -0.25) is 14.6 Å². The van der Waals surface area contributed by atoms with Gasteiger partial charge in [0.15, 0.2) is 5.78 Å². The second kappa shape index (κ2) is 12.5. The van der Waals surface area contributed by atoms with Crippen LogP contribution in [0.25, 0.3) is 10.1 Å². The number of amides is 1. The van der Waals surface area contributed by atoms with Crippen LogP contribution in [-0.4, -0.2) is 26.2 Å². The smallest absolute Gasteiger partial charge is 0.261 e. The highest BCUT2D eigenvalue weighted by atomic mass is 32.1. The van der Waals surface area contributed by atoms with Crippen molar-refractivity contribution >= 4 is 38.8 Å². The molecule has 1 atom stereocenters. The first-order chi connectivity index (χ1) is 21.1. The lowest BCUT2D eigenvalue weighted by molar-refractivity contribution is 0.0951. The van der Waals surface area contributed by atoms with Gasteiger partial charge in [0.1, 0.15) is 6.04 Å². The Morgan fingerprint density at radius 3 is 2.51 bits per heavy atom. The van der Waals surface area contributed by atoms with Gasteiger partial charge >= 0.3 is 0 Å². The summed E-state index contributed by atoms with van der Waals surface area (Å²) in [6.07, 6.45) is 6.84. The molecular formula is C34H26N6O2S. The third-order valence-corrected chi connectivity index (χ3v) is 8.14. The summed E-state index contributed by atoms with van der Waals surface area (Å²) in [5.74, 6) is -0.244. The van der Waals surface area contributed by atoms with Crippen molar-refractivity contribution in [3.63, 3.8) is 0 Å². The SMILES string of the molecule is N#Cc1ccc(Cn2cncc2C(Nc2ccc3sc(C(=O)NCc4cccnc4)cc3c2)C(=O)c2ccccc2)cc1. The highest BCUT2D eigenvalue weighted by Crippen LogP contribution is 2.31. The molecular weight excluding hydrogens is 556 g/mol. The maximum absolute atomic E-state index is 13.9. The van der Waals surface area contributed by atoms with Crippen molar-refractivity contribution in [1.29, 1.82) is 5.26 Å². The lowest BCUT2D eigenvalue weighted by Crippen LogP contribution is -2.24. The Morgan fingerprint density at radius 1 is 0.907 bits per heavy atom. The van der Waals surface area contributed by atoms with E-state index in [0.717, 1.165) is 26.9 Å². The molecule has 0 saturated carbocycles. The number of nitriles is 1. The second-order valence-electron chi connectivity index (χ2n) is 9.97. The number of nitrogens with zero attached hydrogens (tertiary/aromatic N) is 4. The summed E-state index contributed by atoms with van der Waals surface area (Å²) in [4.78, 5) is 35.8. The van der Waals surface area contributed by atoms with Gasteiger partial charge in [-0.1, -0.05) is 48.5 Å². The summed E-state index contributed by atoms with van der Waals surface area (Å²) >= 11 is 1.42. The number of imidazole rings is 1. The highest BCUT2D eigenvalue weighted by molar-refractivity contribution is 7.20. The summed E-state index contributed by atoms with van der Waals surface area (Å²) in [6.45, 7) is 0.884. The van der Waals surface area contributed by atoms with E-state index in [1.807, 2.05) is 71.3 Å². The number of ketones is 1. The van der Waals surface area contributed by atoms with Gasteiger partial charge in [-0.05, 0) is 59.0 Å². The van der Waals surface area contributed by atoms with Gasteiger partial charge in [-0.25, -0.2) is 4.98 Å². The second-order valence-corrected chi connectivity index (χ2v) is 11.1. The minimum Gasteiger partial charge on any atom is -0.370 e. The third kappa shape index (κ3) is 6.35. The molecule has 8 nitrogen and oxygen atoms in total. The molecule has 0 radical (unpaired) electrons. The summed E-state index contributed by atoms with van der Waals surface area (Å²) in [6, 6.07) is 29.4. The van der Waals surface area contributed by atoms with Crippen LogP contribution in [0.4, 0.5) is 5.69 Å². The van der Waals surface area contributed by atoms with E-state index in [1.165, 1.54) is 11.3 Å². The number of carbonyl (C=O) groups is 2. The Morgan fingerprint density at radius 2 is 1.74 bits per heavy atom. The number of carbonyl (C=O) groups excluding carboxylic acids is 2. The zero-order valence-corrected chi connectivity index (χ0v) is 23.8. The molecule has 0 saturated heterocycles. The van der Waals surface area contributed by atoms with Gasteiger partial charge in [-0.15, -0.1) is 11.3 Å². The number of Topliss-reactive ketones (excluding diaryl/α,β-unsaturated/α-hetero) is 1. The largest absolute Gasteiger partial charge is 0.370 e. The van der Waals surface area contributed by atoms with Crippen molar-refractivity contribution < 1.29 is 9.59 Å². The Kier molecular flexibility index (Phi) is 8.02. The lowest BCUT2D eigenvalue weighted by Gasteiger charge is -2.21. The van der Waals surface area contributed by atoms with Crippen LogP contribution in [0, 0.1) is 11.3 Å². The first-order valence-electron chi connectivity index (χ1n) is 13.6. The van der Waals surface area contributed by atoms with E-state index >= 15 is 0 Å².